The molecular formula is C83H110BrF2HgN13O20. The summed E-state index contributed by atoms with van der Waals surface area (Å²) in [6, 6.07) is 20.8. The van der Waals surface area contributed by atoms with Crippen LogP contribution in [0.3, 0.4) is 0 Å². The summed E-state index contributed by atoms with van der Waals surface area (Å²) in [6.45, 7) is 18.1. The van der Waals surface area contributed by atoms with Crippen molar-refractivity contribution in [3.05, 3.63) is 151 Å². The number of carbonyl (C=O) groups excluding carboxylic acids is 5. The summed E-state index contributed by atoms with van der Waals surface area (Å²) in [5, 5.41) is 9.52. The van der Waals surface area contributed by atoms with E-state index in [-0.39, 0.29) is 71.3 Å². The molecule has 650 valence electrons. The zero-order chi connectivity index (χ0) is 85.7. The van der Waals surface area contributed by atoms with Crippen LogP contribution in [0.15, 0.2) is 93.3 Å². The van der Waals surface area contributed by atoms with E-state index in [4.69, 9.17) is 80.1 Å². The van der Waals surface area contributed by atoms with Crippen molar-refractivity contribution in [1.82, 2.24) is 40.9 Å². The third-order valence-electron chi connectivity index (χ3n) is 20.8. The van der Waals surface area contributed by atoms with Gasteiger partial charge in [0.15, 0.2) is 11.7 Å². The van der Waals surface area contributed by atoms with Crippen LogP contribution in [0.5, 0.6) is 5.88 Å². The fourth-order valence-electron chi connectivity index (χ4n) is 14.1. The van der Waals surface area contributed by atoms with Crippen molar-refractivity contribution < 1.29 is 126 Å². The second kappa shape index (κ2) is 50.9. The van der Waals surface area contributed by atoms with Crippen molar-refractivity contribution in [2.24, 2.45) is 51.4 Å². The average molecular weight is 1930 g/mol. The summed E-state index contributed by atoms with van der Waals surface area (Å²) < 4.78 is 78.8. The zero-order valence-corrected chi connectivity index (χ0v) is 76.0. The van der Waals surface area contributed by atoms with Gasteiger partial charge in [-0.25, -0.2) is 50.6 Å². The Morgan fingerprint density at radius 3 is 1.39 bits per heavy atom. The third-order valence-corrected chi connectivity index (χ3v) is 25.6. The number of aromatic nitrogens is 5. The van der Waals surface area contributed by atoms with E-state index in [1.54, 1.807) is 49.6 Å². The molecule has 6 aromatic rings. The molecule has 0 unspecified atom stereocenters. The van der Waals surface area contributed by atoms with Crippen LogP contribution in [-0.4, -0.2) is 203 Å². The number of amidine groups is 2. The number of nitrogen functional groups attached to an aromatic ring is 2. The number of halogens is 3. The standard InChI is InChI=1S/C26H29FN6O3.C20H23BrFN5O2.C14H15NO4.C7H12O3.C6H13NO2.C6H12O2.2C2H4O2.Hg/c1-15-24-22(32-26(28)29-15)13-21(31-25(24)33-36-14-16-8-10-35-11-9-16)18-7-6-17(27)12-19(18)20-4-3-5-23(30-20)34-2;1-11-18-17(26-20(23)24-11)9-16(14-3-2-13(22)8-15(14)21)25-19(18)27-29-10-12-4-6-28-7-5-12;16-13-11-3-1-2-4-12(11)14(17)15(13)19-9-10-5-7-18-8-6-10;1-9-7(8)6-2-4-10-5-3-6;7-9-5-6-1-3-8-4-2-6;7-5-6-1-3-8-4-2-6;2*1-2(3)4;/h3-7,12,16,21H,8-11,13-14H2,1-2H3,(H,31,33)(H2,28,29,32);2-3,8,12,16H,4-7,9-10H2,1H3,(H,25,27)(H2,23,24,26);1-4,10H,5-9H2;6H,2-5H2,1H3;6H,1-5,7H2;6-7H,1-5H2;2*1H3,(H,3,4);/q;;;;;;;;+2/p-2/t21-;16-;;;;;;;/m11......./s1. The van der Waals surface area contributed by atoms with Crippen LogP contribution in [0.4, 0.5) is 20.7 Å². The van der Waals surface area contributed by atoms with Crippen LogP contribution in [-0.2, 0) is 111 Å². The van der Waals surface area contributed by atoms with Crippen LogP contribution in [0.1, 0.15) is 169 Å². The molecule has 15 rings (SSSR count). The zero-order valence-electron chi connectivity index (χ0n) is 68.9. The van der Waals surface area contributed by atoms with Crippen molar-refractivity contribution in [3.63, 3.8) is 0 Å². The number of rotatable bonds is 19. The van der Waals surface area contributed by atoms with E-state index in [9.17, 15) is 32.8 Å². The molecule has 12 heterocycles. The number of benzene rings is 3. The van der Waals surface area contributed by atoms with E-state index in [0.29, 0.717) is 139 Å². The van der Waals surface area contributed by atoms with Gasteiger partial charge in [0.1, 0.15) is 11.6 Å². The van der Waals surface area contributed by atoms with Crippen LogP contribution < -0.4 is 33.1 Å². The van der Waals surface area contributed by atoms with Gasteiger partial charge in [-0.05, 0) is 174 Å². The molecule has 9 N–H and O–H groups in total. The molecule has 6 fully saturated rings. The fourth-order valence-corrected chi connectivity index (χ4v) is 16.2. The Labute approximate surface area is 719 Å². The number of aliphatic hydroxyl groups excluding tert-OH is 1. The number of anilines is 2. The average Bonchev–Trinajstić information content (AvgIpc) is 0.784. The molecule has 0 saturated carbocycles. The van der Waals surface area contributed by atoms with Gasteiger partial charge in [-0.15, -0.1) is 5.06 Å². The van der Waals surface area contributed by atoms with Crippen LogP contribution in [0.2, 0.25) is 0 Å². The predicted molar refractivity (Wildman–Crippen MR) is 434 cm³/mol. The van der Waals surface area contributed by atoms with Crippen molar-refractivity contribution >= 4 is 69.2 Å². The van der Waals surface area contributed by atoms with E-state index in [1.165, 1.54) is 45.2 Å². The van der Waals surface area contributed by atoms with Crippen molar-refractivity contribution in [3.8, 4) is 17.1 Å². The number of carbonyl (C=O) groups is 5. The van der Waals surface area contributed by atoms with Crippen molar-refractivity contribution in [2.75, 3.05) is 138 Å². The molecule has 0 aliphatic carbocycles. The number of pyridine rings is 1. The van der Waals surface area contributed by atoms with Crippen molar-refractivity contribution in [2.45, 2.75) is 130 Å². The number of imide groups is 1. The quantitative estimate of drug-likeness (QED) is 0.0190. The maximum absolute atomic E-state index is 14.4. The number of hydrogen-bond acceptors (Lipinski definition) is 32. The molecule has 2 atom stereocenters. The molecule has 0 spiro atoms. The van der Waals surface area contributed by atoms with Gasteiger partial charge in [-0.1, -0.05) is 46.3 Å². The number of aryl methyl sites for hydroxylation is 2. The number of nitrogens with two attached hydrogens (primary N) is 3. The number of ether oxygens (including phenoxy) is 8. The largest absolute Gasteiger partial charge is 0.481 e. The van der Waals surface area contributed by atoms with Gasteiger partial charge in [0.2, 0.25) is 17.8 Å². The molecule has 3 aromatic heterocycles. The van der Waals surface area contributed by atoms with Crippen molar-refractivity contribution in [1.29, 1.82) is 0 Å². The normalized spacial score (nSPS) is 18.7. The Bertz CT molecular complexity index is 4290. The number of aliphatic imine (C=N–C) groups is 2. The number of aliphatic hydroxyl groups is 1. The number of hydroxylamine groups is 4. The molecule has 3 aromatic carbocycles. The van der Waals surface area contributed by atoms with Gasteiger partial charge < -0.3 is 59.3 Å². The van der Waals surface area contributed by atoms with E-state index in [0.717, 1.165) is 188 Å². The number of hydrogen-bond donors (Lipinski definition) is 6. The van der Waals surface area contributed by atoms with Crippen LogP contribution in [0, 0.1) is 61.0 Å². The molecule has 0 radical (unpaired) electrons. The third kappa shape index (κ3) is 30.3. The van der Waals surface area contributed by atoms with E-state index < -0.39 is 25.5 Å². The number of esters is 1. The summed E-state index contributed by atoms with van der Waals surface area (Å²) in [5.41, 5.74) is 26.2. The topological polar surface area (TPSA) is 429 Å². The summed E-state index contributed by atoms with van der Waals surface area (Å²) in [6.07, 6.45) is 12.6. The maximum atomic E-state index is 14.4. The van der Waals surface area contributed by atoms with Crippen LogP contribution >= 0.6 is 15.9 Å². The smallest absolute Gasteiger partial charge is 0.308 e. The first-order valence-electron chi connectivity index (χ1n) is 40.4. The first-order valence-corrected chi connectivity index (χ1v) is 45.7. The molecule has 9 aliphatic heterocycles. The summed E-state index contributed by atoms with van der Waals surface area (Å²) in [5.74, 6) is 7.09. The Balaban J connectivity index is 0.000000173. The van der Waals surface area contributed by atoms with Gasteiger partial charge in [-0.3, -0.25) is 38.9 Å². The summed E-state index contributed by atoms with van der Waals surface area (Å²) >= 11 is 1.41. The number of amides is 2. The number of nitrogens with zero attached hydrogens (tertiary/aromatic N) is 8. The van der Waals surface area contributed by atoms with Gasteiger partial charge >= 0.3 is 72.1 Å². The number of nitrogens with one attached hydrogen (secondary N) is 2. The van der Waals surface area contributed by atoms with Gasteiger partial charge in [0, 0.05) is 115 Å². The van der Waals surface area contributed by atoms with Gasteiger partial charge in [-0.2, -0.15) is 0 Å². The molecular weight excluding hydrogens is 1820 g/mol. The minimum Gasteiger partial charge on any atom is -0.481 e. The minimum absolute atomic E-state index is 0.0822. The van der Waals surface area contributed by atoms with Gasteiger partial charge in [0.25, 0.3) is 11.8 Å². The summed E-state index contributed by atoms with van der Waals surface area (Å²) in [7, 11) is 2.98. The van der Waals surface area contributed by atoms with E-state index in [1.807, 2.05) is 26.0 Å². The monoisotopic (exact) mass is 1930 g/mol. The number of fused-ring (bicyclic) bond motifs is 3. The Kier molecular flexibility index (Phi) is 40.5. The minimum atomic E-state index is -2.04. The summed E-state index contributed by atoms with van der Waals surface area (Å²) in [4.78, 5) is 109. The molecule has 6 saturated heterocycles. The van der Waals surface area contributed by atoms with Crippen LogP contribution in [0.25, 0.3) is 11.3 Å². The van der Waals surface area contributed by atoms with Gasteiger partial charge in [0.05, 0.1) is 109 Å². The molecule has 120 heavy (non-hydrogen) atoms. The molecule has 9 aliphatic rings. The number of methoxy groups -OCH3 is 2. The fraction of sp³-hybridized carbons (Fsp3) is 0.542. The molecule has 0 bridgehead atoms. The molecule has 33 nitrogen and oxygen atoms in total. The maximum Gasteiger partial charge on any atom is 0.308 e. The van der Waals surface area contributed by atoms with E-state index >= 15 is 0 Å². The second-order valence-corrected chi connectivity index (χ2v) is 33.5. The second-order valence-electron chi connectivity index (χ2n) is 29.5. The molecule has 37 heteroatoms. The predicted octanol–water partition coefficient (Wildman–Crippen LogP) is 9.79. The first kappa shape index (κ1) is 95.5. The Hall–Kier alpha value is -8.34. The Morgan fingerprint density at radius 2 is 0.967 bits per heavy atom. The van der Waals surface area contributed by atoms with E-state index in [2.05, 4.69) is 66.7 Å². The molecule has 2 amide bonds. The first-order chi connectivity index (χ1) is 58.1. The SMILES string of the molecule is CC(=O)[O][Hg][O]C(C)=O.COC(=O)C1CCOCC1.COc1cccc(-c2cc(F)ccc2[C@H]2Cc3nc(N)nc(C)c3C(NOCC3CCOCC3)=N2)n1.Cc1nc(N)nc2c1C(NOCC1CCOCC1)=N[C@@H](c1ccc(F)cc1Br)C2.NOCC1CCOCC1.O=C1c2ccccc2C(=O)N1OCC1CCOCC1.OCC1CCOCC1. The Morgan fingerprint density at radius 1 is 0.542 bits per heavy atom.